The van der Waals surface area contributed by atoms with Gasteiger partial charge in [0.2, 0.25) is 0 Å². The molecule has 0 aliphatic rings. The largest absolute Gasteiger partial charge is 0.383 e. The van der Waals surface area contributed by atoms with Gasteiger partial charge in [-0.25, -0.2) is 0 Å². The van der Waals surface area contributed by atoms with Gasteiger partial charge in [-0.1, -0.05) is 27.7 Å². The van der Waals surface area contributed by atoms with Crippen LogP contribution in [0.15, 0.2) is 0 Å². The van der Waals surface area contributed by atoms with Gasteiger partial charge in [0.05, 0.1) is 13.2 Å². The molecule has 1 atom stereocenters. The van der Waals surface area contributed by atoms with Crippen LogP contribution in [-0.2, 0) is 9.47 Å². The van der Waals surface area contributed by atoms with Crippen molar-refractivity contribution >= 4 is 0 Å². The maximum atomic E-state index is 5.55. The van der Waals surface area contributed by atoms with Crippen molar-refractivity contribution in [2.45, 2.75) is 40.2 Å². The number of methoxy groups -OCH3 is 1. The summed E-state index contributed by atoms with van der Waals surface area (Å²) in [6, 6.07) is 0.429. The second-order valence-electron chi connectivity index (χ2n) is 5.05. The van der Waals surface area contributed by atoms with Crippen LogP contribution in [0.25, 0.3) is 0 Å². The fourth-order valence-electron chi connectivity index (χ4n) is 1.40. The number of hydrogen-bond donors (Lipinski definition) is 1. The summed E-state index contributed by atoms with van der Waals surface area (Å²) >= 11 is 0. The molecule has 0 aliphatic carbocycles. The molecule has 0 aromatic rings. The summed E-state index contributed by atoms with van der Waals surface area (Å²) in [6.07, 6.45) is 1.14. The van der Waals surface area contributed by atoms with Crippen molar-refractivity contribution in [3.63, 3.8) is 0 Å². The fraction of sp³-hybridized carbons (Fsp3) is 1.00. The van der Waals surface area contributed by atoms with Gasteiger partial charge < -0.3 is 14.8 Å². The van der Waals surface area contributed by atoms with Gasteiger partial charge in [0.25, 0.3) is 0 Å². The van der Waals surface area contributed by atoms with Gasteiger partial charge in [-0.05, 0) is 18.3 Å². The van der Waals surface area contributed by atoms with Crippen molar-refractivity contribution in [3.05, 3.63) is 0 Å². The first kappa shape index (κ1) is 15.9. The summed E-state index contributed by atoms with van der Waals surface area (Å²) < 4.78 is 10.7. The lowest BCUT2D eigenvalue weighted by Crippen LogP contribution is -2.39. The first-order valence-corrected chi connectivity index (χ1v) is 6.38. The van der Waals surface area contributed by atoms with E-state index in [4.69, 9.17) is 9.47 Å². The number of rotatable bonds is 10. The van der Waals surface area contributed by atoms with E-state index in [9.17, 15) is 0 Å². The van der Waals surface area contributed by atoms with E-state index in [1.807, 2.05) is 0 Å². The molecule has 0 spiro atoms. The van der Waals surface area contributed by atoms with Crippen LogP contribution in [0.4, 0.5) is 0 Å². The molecule has 0 rings (SSSR count). The maximum Gasteiger partial charge on any atom is 0.0618 e. The third-order valence-electron chi connectivity index (χ3n) is 2.64. The summed E-state index contributed by atoms with van der Waals surface area (Å²) in [5.74, 6) is 1.32. The summed E-state index contributed by atoms with van der Waals surface area (Å²) in [5, 5.41) is 3.46. The van der Waals surface area contributed by atoms with Gasteiger partial charge >= 0.3 is 0 Å². The third kappa shape index (κ3) is 9.13. The second-order valence-corrected chi connectivity index (χ2v) is 5.05. The van der Waals surface area contributed by atoms with Gasteiger partial charge in [0, 0.05) is 26.3 Å². The molecule has 1 unspecified atom stereocenters. The molecular weight excluding hydrogens is 202 g/mol. The molecule has 0 saturated heterocycles. The highest BCUT2D eigenvalue weighted by Crippen LogP contribution is 2.01. The molecule has 98 valence electrons. The molecule has 3 heteroatoms. The third-order valence-corrected chi connectivity index (χ3v) is 2.64. The lowest BCUT2D eigenvalue weighted by Gasteiger charge is -2.21. The molecule has 0 amide bonds. The first-order valence-electron chi connectivity index (χ1n) is 6.38. The molecule has 0 radical (unpaired) electrons. The SMILES string of the molecule is COCC(NCCOCCC(C)C)C(C)C. The van der Waals surface area contributed by atoms with Crippen LogP contribution in [0.5, 0.6) is 0 Å². The smallest absolute Gasteiger partial charge is 0.0618 e. The molecule has 1 N–H and O–H groups in total. The van der Waals surface area contributed by atoms with Gasteiger partial charge in [0.15, 0.2) is 0 Å². The number of nitrogens with one attached hydrogen (secondary N) is 1. The van der Waals surface area contributed by atoms with E-state index in [2.05, 4.69) is 33.0 Å². The first-order chi connectivity index (χ1) is 7.57. The Balaban J connectivity index is 3.40. The fourth-order valence-corrected chi connectivity index (χ4v) is 1.40. The second kappa shape index (κ2) is 10.1. The Morgan fingerprint density at radius 1 is 1.06 bits per heavy atom. The van der Waals surface area contributed by atoms with Crippen LogP contribution in [0.2, 0.25) is 0 Å². The van der Waals surface area contributed by atoms with E-state index < -0.39 is 0 Å². The van der Waals surface area contributed by atoms with E-state index in [1.165, 1.54) is 0 Å². The Bertz CT molecular complexity index is 149. The summed E-state index contributed by atoms with van der Waals surface area (Å²) in [6.45, 7) is 12.2. The molecule has 0 fully saturated rings. The number of hydrogen-bond acceptors (Lipinski definition) is 3. The average molecular weight is 231 g/mol. The minimum Gasteiger partial charge on any atom is -0.383 e. The summed E-state index contributed by atoms with van der Waals surface area (Å²) in [5.41, 5.74) is 0. The van der Waals surface area contributed by atoms with E-state index >= 15 is 0 Å². The zero-order valence-corrected chi connectivity index (χ0v) is 11.6. The summed E-state index contributed by atoms with van der Waals surface area (Å²) in [7, 11) is 1.75. The Morgan fingerprint density at radius 2 is 1.75 bits per heavy atom. The predicted octanol–water partition coefficient (Wildman–Crippen LogP) is 2.31. The van der Waals surface area contributed by atoms with E-state index in [-0.39, 0.29) is 0 Å². The topological polar surface area (TPSA) is 30.5 Å². The molecule has 0 aliphatic heterocycles. The van der Waals surface area contributed by atoms with Crippen molar-refractivity contribution in [1.82, 2.24) is 5.32 Å². The van der Waals surface area contributed by atoms with Crippen LogP contribution < -0.4 is 5.32 Å². The Kier molecular flexibility index (Phi) is 9.99. The van der Waals surface area contributed by atoms with Crippen LogP contribution in [0, 0.1) is 11.8 Å². The highest BCUT2D eigenvalue weighted by Gasteiger charge is 2.11. The Labute approximate surface area is 101 Å². The molecular formula is C13H29NO2. The molecule has 0 aromatic heterocycles. The van der Waals surface area contributed by atoms with Gasteiger partial charge in [0.1, 0.15) is 0 Å². The average Bonchev–Trinajstić information content (AvgIpc) is 2.20. The zero-order chi connectivity index (χ0) is 12.4. The van der Waals surface area contributed by atoms with Crippen LogP contribution >= 0.6 is 0 Å². The molecule has 0 heterocycles. The Hall–Kier alpha value is -0.120. The maximum absolute atomic E-state index is 5.55. The van der Waals surface area contributed by atoms with Crippen molar-refractivity contribution in [3.8, 4) is 0 Å². The monoisotopic (exact) mass is 231 g/mol. The molecule has 3 nitrogen and oxygen atoms in total. The number of ether oxygens (including phenoxy) is 2. The van der Waals surface area contributed by atoms with Gasteiger partial charge in [-0.3, -0.25) is 0 Å². The highest BCUT2D eigenvalue weighted by molar-refractivity contribution is 4.69. The standard InChI is InChI=1S/C13H29NO2/c1-11(2)6-8-16-9-7-14-13(10-15-5)12(3)4/h11-14H,6-10H2,1-5H3. The van der Waals surface area contributed by atoms with Crippen LogP contribution in [-0.4, -0.2) is 39.5 Å². The van der Waals surface area contributed by atoms with E-state index in [0.717, 1.165) is 38.7 Å². The van der Waals surface area contributed by atoms with Crippen molar-refractivity contribution in [1.29, 1.82) is 0 Å². The van der Waals surface area contributed by atoms with E-state index in [0.29, 0.717) is 12.0 Å². The van der Waals surface area contributed by atoms with Crippen LogP contribution in [0.3, 0.4) is 0 Å². The highest BCUT2D eigenvalue weighted by atomic mass is 16.5. The molecule has 0 aromatic carbocycles. The molecule has 16 heavy (non-hydrogen) atoms. The van der Waals surface area contributed by atoms with Crippen LogP contribution in [0.1, 0.15) is 34.1 Å². The lowest BCUT2D eigenvalue weighted by atomic mass is 10.1. The van der Waals surface area contributed by atoms with E-state index in [1.54, 1.807) is 7.11 Å². The lowest BCUT2D eigenvalue weighted by molar-refractivity contribution is 0.109. The molecule has 0 bridgehead atoms. The zero-order valence-electron chi connectivity index (χ0n) is 11.6. The minimum atomic E-state index is 0.429. The van der Waals surface area contributed by atoms with Crippen molar-refractivity contribution in [2.75, 3.05) is 33.5 Å². The van der Waals surface area contributed by atoms with Crippen molar-refractivity contribution < 1.29 is 9.47 Å². The quantitative estimate of drug-likeness (QED) is 0.585. The predicted molar refractivity (Wildman–Crippen MR) is 68.8 cm³/mol. The minimum absolute atomic E-state index is 0.429. The van der Waals surface area contributed by atoms with Gasteiger partial charge in [-0.15, -0.1) is 0 Å². The van der Waals surface area contributed by atoms with Crippen molar-refractivity contribution in [2.24, 2.45) is 11.8 Å². The van der Waals surface area contributed by atoms with Gasteiger partial charge in [-0.2, -0.15) is 0 Å². The summed E-state index contributed by atoms with van der Waals surface area (Å²) in [4.78, 5) is 0. The molecule has 0 saturated carbocycles. The Morgan fingerprint density at radius 3 is 2.25 bits per heavy atom. The normalized spacial score (nSPS) is 13.7.